The average molecular weight is 296 g/mol. The summed E-state index contributed by atoms with van der Waals surface area (Å²) in [5.41, 5.74) is 1.33. The van der Waals surface area contributed by atoms with Crippen LogP contribution in [0.25, 0.3) is 0 Å². The summed E-state index contributed by atoms with van der Waals surface area (Å²) >= 11 is 1.94. The Morgan fingerprint density at radius 1 is 1.15 bits per heavy atom. The van der Waals surface area contributed by atoms with Crippen LogP contribution in [0.2, 0.25) is 0 Å². The van der Waals surface area contributed by atoms with Crippen molar-refractivity contribution in [2.45, 2.75) is 25.3 Å². The lowest BCUT2D eigenvalue weighted by molar-refractivity contribution is 0.199. The Morgan fingerprint density at radius 2 is 1.85 bits per heavy atom. The van der Waals surface area contributed by atoms with Gasteiger partial charge in [-0.05, 0) is 30.8 Å². The topological polar surface area (TPSA) is 24.5 Å². The number of methoxy groups -OCH3 is 1. The molecule has 0 unspecified atom stereocenters. The van der Waals surface area contributed by atoms with Crippen molar-refractivity contribution in [3.05, 3.63) is 29.8 Å². The van der Waals surface area contributed by atoms with Gasteiger partial charge in [-0.3, -0.25) is 0 Å². The first-order valence-electron chi connectivity index (χ1n) is 7.43. The van der Waals surface area contributed by atoms with Crippen LogP contribution in [0.5, 0.6) is 0 Å². The molecule has 1 rings (SSSR count). The number of nitrogens with one attached hydrogen (secondary N) is 1. The summed E-state index contributed by atoms with van der Waals surface area (Å²) in [5.74, 6) is 1.16. The van der Waals surface area contributed by atoms with Crippen LogP contribution >= 0.6 is 11.8 Å². The molecule has 0 aliphatic heterocycles. The van der Waals surface area contributed by atoms with E-state index in [2.05, 4.69) is 48.3 Å². The molecule has 1 N–H and O–H groups in total. The van der Waals surface area contributed by atoms with Crippen LogP contribution in [-0.2, 0) is 11.3 Å². The van der Waals surface area contributed by atoms with Crippen LogP contribution < -0.4 is 5.32 Å². The lowest BCUT2D eigenvalue weighted by Gasteiger charge is -2.17. The van der Waals surface area contributed by atoms with Gasteiger partial charge in [0.05, 0.1) is 6.61 Å². The highest BCUT2D eigenvalue weighted by Gasteiger charge is 2.00. The maximum Gasteiger partial charge on any atom is 0.0587 e. The molecule has 0 heterocycles. The van der Waals surface area contributed by atoms with Crippen LogP contribution in [0.4, 0.5) is 0 Å². The van der Waals surface area contributed by atoms with E-state index in [-0.39, 0.29) is 0 Å². The molecule has 0 saturated carbocycles. The van der Waals surface area contributed by atoms with E-state index in [1.54, 1.807) is 7.11 Å². The van der Waals surface area contributed by atoms with E-state index >= 15 is 0 Å². The minimum absolute atomic E-state index is 0.763. The van der Waals surface area contributed by atoms with E-state index in [0.717, 1.165) is 45.1 Å². The van der Waals surface area contributed by atoms with E-state index in [1.807, 2.05) is 11.8 Å². The Hall–Kier alpha value is -0.550. The van der Waals surface area contributed by atoms with Gasteiger partial charge >= 0.3 is 0 Å². The zero-order chi connectivity index (χ0) is 14.6. The maximum absolute atomic E-state index is 5.01. The summed E-state index contributed by atoms with van der Waals surface area (Å²) in [6, 6.07) is 8.86. The Balaban J connectivity index is 2.24. The van der Waals surface area contributed by atoms with Crippen molar-refractivity contribution in [1.82, 2.24) is 10.2 Å². The van der Waals surface area contributed by atoms with E-state index in [0.29, 0.717) is 0 Å². The van der Waals surface area contributed by atoms with Gasteiger partial charge in [0.1, 0.15) is 0 Å². The average Bonchev–Trinajstić information content (AvgIpc) is 2.49. The molecule has 20 heavy (non-hydrogen) atoms. The second kappa shape index (κ2) is 11.1. The van der Waals surface area contributed by atoms with E-state index in [9.17, 15) is 0 Å². The summed E-state index contributed by atoms with van der Waals surface area (Å²) in [6.07, 6.45) is 0. The summed E-state index contributed by atoms with van der Waals surface area (Å²) in [6.45, 7) is 10.5. The molecule has 0 radical (unpaired) electrons. The fourth-order valence-electron chi connectivity index (χ4n) is 1.94. The lowest BCUT2D eigenvalue weighted by atomic mass is 10.2. The van der Waals surface area contributed by atoms with Crippen molar-refractivity contribution in [2.75, 3.05) is 45.6 Å². The number of hydrogen-bond acceptors (Lipinski definition) is 4. The number of nitrogens with zero attached hydrogens (tertiary/aromatic N) is 1. The molecular formula is C16H28N2OS. The minimum atomic E-state index is 0.763. The van der Waals surface area contributed by atoms with E-state index in [4.69, 9.17) is 4.74 Å². The Kier molecular flexibility index (Phi) is 9.75. The predicted octanol–water partition coefficient (Wildman–Crippen LogP) is 2.86. The molecule has 1 aromatic rings. The molecule has 0 aliphatic carbocycles. The number of thioether (sulfide) groups is 1. The molecule has 0 aliphatic rings. The van der Waals surface area contributed by atoms with Gasteiger partial charge in [-0.25, -0.2) is 0 Å². The molecule has 0 atom stereocenters. The van der Waals surface area contributed by atoms with E-state index < -0.39 is 0 Å². The lowest BCUT2D eigenvalue weighted by Crippen LogP contribution is -2.25. The summed E-state index contributed by atoms with van der Waals surface area (Å²) in [4.78, 5) is 3.82. The molecule has 1 aromatic carbocycles. The van der Waals surface area contributed by atoms with Crippen molar-refractivity contribution in [3.8, 4) is 0 Å². The first-order chi connectivity index (χ1) is 9.80. The van der Waals surface area contributed by atoms with Crippen molar-refractivity contribution in [3.63, 3.8) is 0 Å². The minimum Gasteiger partial charge on any atom is -0.383 e. The largest absolute Gasteiger partial charge is 0.383 e. The van der Waals surface area contributed by atoms with Gasteiger partial charge < -0.3 is 15.0 Å². The number of hydrogen-bond donors (Lipinski definition) is 1. The third-order valence-electron chi connectivity index (χ3n) is 3.31. The van der Waals surface area contributed by atoms with Crippen LogP contribution in [0.3, 0.4) is 0 Å². The predicted molar refractivity (Wildman–Crippen MR) is 88.5 cm³/mol. The fraction of sp³-hybridized carbons (Fsp3) is 0.625. The zero-order valence-corrected chi connectivity index (χ0v) is 13.8. The number of benzene rings is 1. The van der Waals surface area contributed by atoms with Crippen LogP contribution in [0, 0.1) is 0 Å². The molecule has 0 spiro atoms. The molecule has 0 aromatic heterocycles. The molecule has 0 amide bonds. The molecule has 114 valence electrons. The molecule has 0 fully saturated rings. The second-order valence-electron chi connectivity index (χ2n) is 4.69. The van der Waals surface area contributed by atoms with Gasteiger partial charge in [0.2, 0.25) is 0 Å². The highest BCUT2D eigenvalue weighted by molar-refractivity contribution is 7.99. The Bertz CT molecular complexity index is 339. The highest BCUT2D eigenvalue weighted by Crippen LogP contribution is 2.18. The van der Waals surface area contributed by atoms with Gasteiger partial charge in [-0.15, -0.1) is 11.8 Å². The van der Waals surface area contributed by atoms with Crippen molar-refractivity contribution < 1.29 is 4.74 Å². The SMILES string of the molecule is CCN(CC)CCSc1ccc(CNCCOC)cc1. The monoisotopic (exact) mass is 296 g/mol. The normalized spacial score (nSPS) is 11.2. The molecule has 0 bridgehead atoms. The zero-order valence-electron chi connectivity index (χ0n) is 13.0. The first kappa shape index (κ1) is 17.5. The number of rotatable bonds is 11. The van der Waals surface area contributed by atoms with Crippen LogP contribution in [-0.4, -0.2) is 50.5 Å². The third kappa shape index (κ3) is 7.29. The molecular weight excluding hydrogens is 268 g/mol. The van der Waals surface area contributed by atoms with Gasteiger partial charge in [0.25, 0.3) is 0 Å². The number of ether oxygens (including phenoxy) is 1. The molecule has 3 nitrogen and oxygen atoms in total. The Labute approximate surface area is 128 Å². The Morgan fingerprint density at radius 3 is 2.45 bits per heavy atom. The van der Waals surface area contributed by atoms with Crippen molar-refractivity contribution >= 4 is 11.8 Å². The van der Waals surface area contributed by atoms with Gasteiger partial charge in [0, 0.05) is 37.4 Å². The standard InChI is InChI=1S/C16H28N2OS/c1-4-18(5-2)11-13-20-16-8-6-15(7-9-16)14-17-10-12-19-3/h6-9,17H,4-5,10-14H2,1-3H3. The molecule has 0 saturated heterocycles. The van der Waals surface area contributed by atoms with Gasteiger partial charge in [0.15, 0.2) is 0 Å². The highest BCUT2D eigenvalue weighted by atomic mass is 32.2. The summed E-state index contributed by atoms with van der Waals surface area (Å²) in [5, 5.41) is 3.36. The fourth-order valence-corrected chi connectivity index (χ4v) is 2.86. The third-order valence-corrected chi connectivity index (χ3v) is 4.30. The smallest absolute Gasteiger partial charge is 0.0587 e. The van der Waals surface area contributed by atoms with Crippen molar-refractivity contribution in [1.29, 1.82) is 0 Å². The maximum atomic E-state index is 5.01. The second-order valence-corrected chi connectivity index (χ2v) is 5.86. The van der Waals surface area contributed by atoms with E-state index in [1.165, 1.54) is 10.5 Å². The summed E-state index contributed by atoms with van der Waals surface area (Å²) in [7, 11) is 1.73. The quantitative estimate of drug-likeness (QED) is 0.501. The first-order valence-corrected chi connectivity index (χ1v) is 8.42. The van der Waals surface area contributed by atoms with Crippen LogP contribution in [0.1, 0.15) is 19.4 Å². The van der Waals surface area contributed by atoms with Gasteiger partial charge in [-0.1, -0.05) is 26.0 Å². The van der Waals surface area contributed by atoms with Gasteiger partial charge in [-0.2, -0.15) is 0 Å². The van der Waals surface area contributed by atoms with Crippen LogP contribution in [0.15, 0.2) is 29.2 Å². The molecule has 4 heteroatoms. The van der Waals surface area contributed by atoms with Crippen molar-refractivity contribution in [2.24, 2.45) is 0 Å². The summed E-state index contributed by atoms with van der Waals surface area (Å²) < 4.78 is 5.01.